The third-order valence-electron chi connectivity index (χ3n) is 5.49. The minimum absolute atomic E-state index is 0.418. The Labute approximate surface area is 163 Å². The summed E-state index contributed by atoms with van der Waals surface area (Å²) in [7, 11) is 0. The van der Waals surface area contributed by atoms with E-state index in [1.165, 1.54) is 36.1 Å². The molecular formula is C23H26F4O. The maximum Gasteiger partial charge on any atom is 0.573 e. The number of unbranched alkanes of at least 4 members (excludes halogenated alkanes) is 1. The summed E-state index contributed by atoms with van der Waals surface area (Å²) in [5.74, 6) is -1.26. The number of hydrogen-bond acceptors (Lipinski definition) is 1. The monoisotopic (exact) mass is 394 g/mol. The number of fused-ring (bicyclic) bond motifs is 1. The zero-order valence-corrected chi connectivity index (χ0v) is 16.1. The van der Waals surface area contributed by atoms with Gasteiger partial charge in [-0.15, -0.1) is 13.2 Å². The van der Waals surface area contributed by atoms with Gasteiger partial charge >= 0.3 is 6.36 Å². The van der Waals surface area contributed by atoms with E-state index >= 15 is 0 Å². The van der Waals surface area contributed by atoms with Crippen molar-refractivity contribution in [2.45, 2.75) is 64.7 Å². The van der Waals surface area contributed by atoms with E-state index in [0.717, 1.165) is 36.8 Å². The van der Waals surface area contributed by atoms with E-state index in [4.69, 9.17) is 0 Å². The van der Waals surface area contributed by atoms with Crippen LogP contribution in [0.5, 0.6) is 5.75 Å². The molecule has 0 spiro atoms. The molecule has 0 bridgehead atoms. The van der Waals surface area contributed by atoms with E-state index in [1.54, 1.807) is 0 Å². The SMILES string of the molecule is CCCCc1ccc(CCC2CCc3cc(OC(F)(F)F)c(F)cc3C2)cc1. The molecule has 152 valence electrons. The first-order valence-electron chi connectivity index (χ1n) is 9.99. The summed E-state index contributed by atoms with van der Waals surface area (Å²) >= 11 is 0. The van der Waals surface area contributed by atoms with E-state index in [0.29, 0.717) is 18.8 Å². The van der Waals surface area contributed by atoms with Crippen molar-refractivity contribution in [3.8, 4) is 5.75 Å². The molecule has 1 nitrogen and oxygen atoms in total. The minimum Gasteiger partial charge on any atom is -0.403 e. The topological polar surface area (TPSA) is 9.23 Å². The molecule has 0 fully saturated rings. The van der Waals surface area contributed by atoms with Gasteiger partial charge in [0, 0.05) is 0 Å². The molecule has 0 saturated heterocycles. The molecular weight excluding hydrogens is 368 g/mol. The summed E-state index contributed by atoms with van der Waals surface area (Å²) in [5.41, 5.74) is 4.23. The summed E-state index contributed by atoms with van der Waals surface area (Å²) in [5, 5.41) is 0. The summed E-state index contributed by atoms with van der Waals surface area (Å²) in [6.07, 6.45) is 2.85. The Hall–Kier alpha value is -2.04. The molecule has 28 heavy (non-hydrogen) atoms. The fraction of sp³-hybridized carbons (Fsp3) is 0.478. The predicted molar refractivity (Wildman–Crippen MR) is 102 cm³/mol. The molecule has 0 radical (unpaired) electrons. The molecule has 5 heteroatoms. The molecule has 1 aliphatic rings. The zero-order valence-electron chi connectivity index (χ0n) is 16.1. The molecule has 1 atom stereocenters. The summed E-state index contributed by atoms with van der Waals surface area (Å²) in [6.45, 7) is 2.19. The average molecular weight is 394 g/mol. The van der Waals surface area contributed by atoms with Crippen LogP contribution in [0.1, 0.15) is 54.9 Å². The van der Waals surface area contributed by atoms with E-state index in [9.17, 15) is 17.6 Å². The van der Waals surface area contributed by atoms with Crippen molar-refractivity contribution < 1.29 is 22.3 Å². The van der Waals surface area contributed by atoms with Crippen molar-refractivity contribution in [3.63, 3.8) is 0 Å². The lowest BCUT2D eigenvalue weighted by Gasteiger charge is -2.25. The average Bonchev–Trinajstić information content (AvgIpc) is 2.65. The van der Waals surface area contributed by atoms with Crippen LogP contribution in [0, 0.1) is 11.7 Å². The van der Waals surface area contributed by atoms with Gasteiger partial charge in [-0.1, -0.05) is 37.6 Å². The van der Waals surface area contributed by atoms with Gasteiger partial charge in [-0.25, -0.2) is 4.39 Å². The molecule has 0 heterocycles. The van der Waals surface area contributed by atoms with Crippen LogP contribution in [0.15, 0.2) is 36.4 Å². The van der Waals surface area contributed by atoms with E-state index < -0.39 is 17.9 Å². The third-order valence-corrected chi connectivity index (χ3v) is 5.49. The molecule has 1 aliphatic carbocycles. The molecule has 1 unspecified atom stereocenters. The van der Waals surface area contributed by atoms with Gasteiger partial charge in [-0.05, 0) is 85.3 Å². The number of rotatable bonds is 7. The van der Waals surface area contributed by atoms with Crippen LogP contribution in [0.4, 0.5) is 17.6 Å². The Balaban J connectivity index is 1.57. The van der Waals surface area contributed by atoms with Crippen LogP contribution < -0.4 is 4.74 Å². The fourth-order valence-corrected chi connectivity index (χ4v) is 3.91. The number of hydrogen-bond donors (Lipinski definition) is 0. The van der Waals surface area contributed by atoms with Gasteiger partial charge in [0.2, 0.25) is 0 Å². The molecule has 2 aromatic rings. The third kappa shape index (κ3) is 5.73. The van der Waals surface area contributed by atoms with Gasteiger partial charge < -0.3 is 4.74 Å². The quantitative estimate of drug-likeness (QED) is 0.469. The number of alkyl halides is 3. The first-order valence-corrected chi connectivity index (χ1v) is 9.99. The Kier molecular flexibility index (Phi) is 6.63. The van der Waals surface area contributed by atoms with Gasteiger partial charge in [0.1, 0.15) is 0 Å². The fourth-order valence-electron chi connectivity index (χ4n) is 3.91. The van der Waals surface area contributed by atoms with Crippen LogP contribution in [-0.4, -0.2) is 6.36 Å². The molecule has 0 aliphatic heterocycles. The van der Waals surface area contributed by atoms with Crippen molar-refractivity contribution in [1.82, 2.24) is 0 Å². The molecule has 3 rings (SSSR count). The zero-order chi connectivity index (χ0) is 20.1. The van der Waals surface area contributed by atoms with E-state index in [1.807, 2.05) is 0 Å². The first kappa shape index (κ1) is 20.7. The van der Waals surface area contributed by atoms with Crippen molar-refractivity contribution >= 4 is 0 Å². The van der Waals surface area contributed by atoms with Crippen molar-refractivity contribution in [2.75, 3.05) is 0 Å². The van der Waals surface area contributed by atoms with Gasteiger partial charge in [-0.2, -0.15) is 0 Å². The molecule has 0 N–H and O–H groups in total. The number of ether oxygens (including phenoxy) is 1. The number of aryl methyl sites for hydroxylation is 3. The Morgan fingerprint density at radius 2 is 1.68 bits per heavy atom. The summed E-state index contributed by atoms with van der Waals surface area (Å²) < 4.78 is 54.9. The van der Waals surface area contributed by atoms with Gasteiger partial charge in [0.05, 0.1) is 0 Å². The maximum absolute atomic E-state index is 14.0. The highest BCUT2D eigenvalue weighted by molar-refractivity contribution is 5.39. The van der Waals surface area contributed by atoms with Crippen LogP contribution in [-0.2, 0) is 25.7 Å². The summed E-state index contributed by atoms with van der Waals surface area (Å²) in [4.78, 5) is 0. The highest BCUT2D eigenvalue weighted by Gasteiger charge is 2.33. The van der Waals surface area contributed by atoms with Crippen LogP contribution in [0.25, 0.3) is 0 Å². The highest BCUT2D eigenvalue weighted by Crippen LogP contribution is 2.34. The Morgan fingerprint density at radius 1 is 1.00 bits per heavy atom. The molecule has 0 saturated carbocycles. The van der Waals surface area contributed by atoms with Crippen molar-refractivity contribution in [2.24, 2.45) is 5.92 Å². The number of halogens is 4. The Bertz CT molecular complexity index is 780. The van der Waals surface area contributed by atoms with Gasteiger partial charge in [0.25, 0.3) is 0 Å². The molecule has 0 aromatic heterocycles. The first-order chi connectivity index (χ1) is 13.3. The number of benzene rings is 2. The van der Waals surface area contributed by atoms with Crippen LogP contribution in [0.3, 0.4) is 0 Å². The Morgan fingerprint density at radius 3 is 2.32 bits per heavy atom. The van der Waals surface area contributed by atoms with E-state index in [2.05, 4.69) is 35.9 Å². The summed E-state index contributed by atoms with van der Waals surface area (Å²) in [6, 6.07) is 11.2. The minimum atomic E-state index is -4.88. The standard InChI is InChI=1S/C23H26F4O/c1-2-3-4-16-5-7-17(8-6-16)9-10-18-11-12-19-15-22(28-23(25,26)27)21(24)14-20(19)13-18/h5-8,14-15,18H,2-4,9-13H2,1H3. The van der Waals surface area contributed by atoms with Crippen LogP contribution >= 0.6 is 0 Å². The van der Waals surface area contributed by atoms with Crippen LogP contribution in [0.2, 0.25) is 0 Å². The second-order valence-electron chi connectivity index (χ2n) is 7.67. The van der Waals surface area contributed by atoms with Crippen molar-refractivity contribution in [1.29, 1.82) is 0 Å². The largest absolute Gasteiger partial charge is 0.573 e. The van der Waals surface area contributed by atoms with Crippen molar-refractivity contribution in [3.05, 3.63) is 64.5 Å². The highest BCUT2D eigenvalue weighted by atomic mass is 19.4. The lowest BCUT2D eigenvalue weighted by molar-refractivity contribution is -0.275. The second kappa shape index (κ2) is 8.97. The van der Waals surface area contributed by atoms with Gasteiger partial charge in [-0.3, -0.25) is 0 Å². The molecule has 2 aromatic carbocycles. The van der Waals surface area contributed by atoms with E-state index in [-0.39, 0.29) is 0 Å². The lowest BCUT2D eigenvalue weighted by Crippen LogP contribution is -2.20. The second-order valence-corrected chi connectivity index (χ2v) is 7.67. The predicted octanol–water partition coefficient (Wildman–Crippen LogP) is 6.80. The molecule has 0 amide bonds. The normalized spacial score (nSPS) is 16.7. The lowest BCUT2D eigenvalue weighted by atomic mass is 9.81. The van der Waals surface area contributed by atoms with Gasteiger partial charge in [0.15, 0.2) is 11.6 Å². The maximum atomic E-state index is 14.0. The smallest absolute Gasteiger partial charge is 0.403 e.